The summed E-state index contributed by atoms with van der Waals surface area (Å²) in [6, 6.07) is 10.9. The molecule has 1 aliphatic rings. The van der Waals surface area contributed by atoms with Gasteiger partial charge in [-0.3, -0.25) is 4.79 Å². The quantitative estimate of drug-likeness (QED) is 0.670. The van der Waals surface area contributed by atoms with Gasteiger partial charge < -0.3 is 10.3 Å². The standard InChI is InChI=1S/C22H27N3OS/c1-14-16(3)27-21-18(14)20(26)24-19(25-21)15(2)23-13-22(11-7-8-12-22)17-9-5-4-6-10-17/h4-6,9-10,15,23H,7-8,11-13H2,1-3H3,(H,24,25,26). The second kappa shape index (κ2) is 7.21. The fourth-order valence-electron chi connectivity index (χ4n) is 4.33. The predicted molar refractivity (Wildman–Crippen MR) is 113 cm³/mol. The number of H-pyrrole nitrogens is 1. The van der Waals surface area contributed by atoms with E-state index < -0.39 is 0 Å². The summed E-state index contributed by atoms with van der Waals surface area (Å²) < 4.78 is 0. The highest BCUT2D eigenvalue weighted by molar-refractivity contribution is 7.18. The first-order valence-corrected chi connectivity index (χ1v) is 10.6. The molecule has 1 saturated carbocycles. The third-order valence-corrected chi connectivity index (χ3v) is 7.26. The Morgan fingerprint density at radius 2 is 1.93 bits per heavy atom. The Kier molecular flexibility index (Phi) is 4.91. The Hall–Kier alpha value is -1.98. The fourth-order valence-corrected chi connectivity index (χ4v) is 5.37. The van der Waals surface area contributed by atoms with Gasteiger partial charge in [-0.25, -0.2) is 4.98 Å². The van der Waals surface area contributed by atoms with Crippen LogP contribution in [0.5, 0.6) is 0 Å². The van der Waals surface area contributed by atoms with Crippen molar-refractivity contribution in [3.8, 4) is 0 Å². The van der Waals surface area contributed by atoms with Crippen LogP contribution in [0, 0.1) is 13.8 Å². The molecular weight excluding hydrogens is 354 g/mol. The number of aromatic nitrogens is 2. The fraction of sp³-hybridized carbons (Fsp3) is 0.455. The van der Waals surface area contributed by atoms with Crippen LogP contribution in [0.1, 0.15) is 60.5 Å². The number of thiophene rings is 1. The normalized spacial score (nSPS) is 17.4. The summed E-state index contributed by atoms with van der Waals surface area (Å²) in [4.78, 5) is 22.3. The van der Waals surface area contributed by atoms with Crippen LogP contribution in [0.25, 0.3) is 10.2 Å². The lowest BCUT2D eigenvalue weighted by molar-refractivity contribution is 0.378. The molecule has 2 N–H and O–H groups in total. The van der Waals surface area contributed by atoms with Crippen molar-refractivity contribution in [3.05, 3.63) is 62.5 Å². The molecule has 0 bridgehead atoms. The molecule has 1 fully saturated rings. The number of hydrogen-bond donors (Lipinski definition) is 2. The van der Waals surface area contributed by atoms with Crippen LogP contribution in [-0.4, -0.2) is 16.5 Å². The van der Waals surface area contributed by atoms with Gasteiger partial charge in [0.25, 0.3) is 5.56 Å². The number of hydrogen-bond acceptors (Lipinski definition) is 4. The lowest BCUT2D eigenvalue weighted by Crippen LogP contribution is -2.37. The van der Waals surface area contributed by atoms with Crippen molar-refractivity contribution in [2.45, 2.75) is 57.9 Å². The van der Waals surface area contributed by atoms with Gasteiger partial charge in [0.05, 0.1) is 11.4 Å². The van der Waals surface area contributed by atoms with Crippen molar-refractivity contribution in [2.24, 2.45) is 0 Å². The first-order chi connectivity index (χ1) is 13.0. The zero-order chi connectivity index (χ0) is 19.0. The minimum atomic E-state index is -0.0239. The van der Waals surface area contributed by atoms with Crippen molar-refractivity contribution in [2.75, 3.05) is 6.54 Å². The molecule has 0 radical (unpaired) electrons. The molecule has 2 aromatic heterocycles. The lowest BCUT2D eigenvalue weighted by Gasteiger charge is -2.31. The summed E-state index contributed by atoms with van der Waals surface area (Å²) in [7, 11) is 0. The maximum absolute atomic E-state index is 12.6. The summed E-state index contributed by atoms with van der Waals surface area (Å²) >= 11 is 1.61. The molecule has 4 nitrogen and oxygen atoms in total. The highest BCUT2D eigenvalue weighted by Gasteiger charge is 2.35. The van der Waals surface area contributed by atoms with E-state index >= 15 is 0 Å². The number of nitrogens with zero attached hydrogens (tertiary/aromatic N) is 1. The average Bonchev–Trinajstić information content (AvgIpc) is 3.26. The Morgan fingerprint density at radius 3 is 2.63 bits per heavy atom. The summed E-state index contributed by atoms with van der Waals surface area (Å²) in [6.07, 6.45) is 4.98. The first kappa shape index (κ1) is 18.4. The number of aromatic amines is 1. The molecule has 142 valence electrons. The Balaban J connectivity index is 1.58. The smallest absolute Gasteiger partial charge is 0.259 e. The van der Waals surface area contributed by atoms with Crippen LogP contribution in [0.3, 0.4) is 0 Å². The van der Waals surface area contributed by atoms with E-state index in [1.807, 2.05) is 13.8 Å². The van der Waals surface area contributed by atoms with E-state index in [4.69, 9.17) is 4.98 Å². The molecule has 5 heteroatoms. The van der Waals surface area contributed by atoms with E-state index in [-0.39, 0.29) is 17.0 Å². The lowest BCUT2D eigenvalue weighted by atomic mass is 9.78. The average molecular weight is 382 g/mol. The Labute approximate surface area is 164 Å². The maximum atomic E-state index is 12.6. The van der Waals surface area contributed by atoms with E-state index in [0.717, 1.165) is 33.0 Å². The Morgan fingerprint density at radius 1 is 1.22 bits per heavy atom. The molecule has 0 amide bonds. The molecule has 0 spiro atoms. The molecule has 0 aliphatic heterocycles. The molecule has 0 saturated heterocycles. The summed E-state index contributed by atoms with van der Waals surface area (Å²) in [5.74, 6) is 0.731. The number of fused-ring (bicyclic) bond motifs is 1. The molecule has 2 heterocycles. The zero-order valence-corrected chi connectivity index (χ0v) is 17.1. The van der Waals surface area contributed by atoms with Crippen LogP contribution in [0.2, 0.25) is 0 Å². The van der Waals surface area contributed by atoms with Crippen LogP contribution in [-0.2, 0) is 5.41 Å². The van der Waals surface area contributed by atoms with Crippen LogP contribution in [0.4, 0.5) is 0 Å². The third kappa shape index (κ3) is 3.34. The van der Waals surface area contributed by atoms with E-state index in [2.05, 4.69) is 47.6 Å². The summed E-state index contributed by atoms with van der Waals surface area (Å²) in [5, 5.41) is 4.41. The van der Waals surface area contributed by atoms with Gasteiger partial charge in [0.2, 0.25) is 0 Å². The SMILES string of the molecule is Cc1sc2nc(C(C)NCC3(c4ccccc4)CCCC3)[nH]c(=O)c2c1C. The minimum Gasteiger partial charge on any atom is -0.309 e. The predicted octanol–water partition coefficient (Wildman–Crippen LogP) is 4.76. The van der Waals surface area contributed by atoms with E-state index in [1.54, 1.807) is 11.3 Å². The molecule has 1 aromatic carbocycles. The van der Waals surface area contributed by atoms with Crippen molar-refractivity contribution < 1.29 is 0 Å². The topological polar surface area (TPSA) is 57.8 Å². The van der Waals surface area contributed by atoms with Crippen molar-refractivity contribution in [1.29, 1.82) is 0 Å². The second-order valence-corrected chi connectivity index (χ2v) is 9.07. The molecule has 1 aliphatic carbocycles. The van der Waals surface area contributed by atoms with Crippen LogP contribution < -0.4 is 10.9 Å². The number of aryl methyl sites for hydroxylation is 2. The number of benzene rings is 1. The Bertz CT molecular complexity index is 1000. The molecule has 4 rings (SSSR count). The summed E-state index contributed by atoms with van der Waals surface area (Å²) in [5.41, 5.74) is 2.63. The molecule has 1 atom stereocenters. The maximum Gasteiger partial charge on any atom is 0.259 e. The van der Waals surface area contributed by atoms with E-state index in [0.29, 0.717) is 0 Å². The van der Waals surface area contributed by atoms with Gasteiger partial charge in [-0.1, -0.05) is 43.2 Å². The third-order valence-electron chi connectivity index (χ3n) is 6.16. The first-order valence-electron chi connectivity index (χ1n) is 9.79. The van der Waals surface area contributed by atoms with Gasteiger partial charge in [-0.05, 0) is 44.7 Å². The van der Waals surface area contributed by atoms with Gasteiger partial charge in [-0.2, -0.15) is 0 Å². The molecule has 1 unspecified atom stereocenters. The van der Waals surface area contributed by atoms with Crippen molar-refractivity contribution >= 4 is 21.6 Å². The highest BCUT2D eigenvalue weighted by atomic mass is 32.1. The van der Waals surface area contributed by atoms with Gasteiger partial charge >= 0.3 is 0 Å². The van der Waals surface area contributed by atoms with Crippen LogP contribution in [0.15, 0.2) is 35.1 Å². The van der Waals surface area contributed by atoms with Gasteiger partial charge in [0, 0.05) is 16.8 Å². The van der Waals surface area contributed by atoms with Gasteiger partial charge in [-0.15, -0.1) is 11.3 Å². The summed E-state index contributed by atoms with van der Waals surface area (Å²) in [6.45, 7) is 7.04. The largest absolute Gasteiger partial charge is 0.309 e. The molecular formula is C22H27N3OS. The van der Waals surface area contributed by atoms with E-state index in [9.17, 15) is 4.79 Å². The van der Waals surface area contributed by atoms with Crippen molar-refractivity contribution in [1.82, 2.24) is 15.3 Å². The van der Waals surface area contributed by atoms with Gasteiger partial charge in [0.1, 0.15) is 10.7 Å². The highest BCUT2D eigenvalue weighted by Crippen LogP contribution is 2.40. The molecule has 27 heavy (non-hydrogen) atoms. The van der Waals surface area contributed by atoms with Crippen LogP contribution >= 0.6 is 11.3 Å². The minimum absolute atomic E-state index is 0.00556. The number of nitrogens with one attached hydrogen (secondary N) is 2. The van der Waals surface area contributed by atoms with Crippen molar-refractivity contribution in [3.63, 3.8) is 0 Å². The zero-order valence-electron chi connectivity index (χ0n) is 16.3. The van der Waals surface area contributed by atoms with E-state index in [1.165, 1.54) is 31.2 Å². The monoisotopic (exact) mass is 381 g/mol. The number of rotatable bonds is 5. The second-order valence-electron chi connectivity index (χ2n) is 7.87. The van der Waals surface area contributed by atoms with Gasteiger partial charge in [0.15, 0.2) is 0 Å². The molecule has 3 aromatic rings.